The number of benzene rings is 9. The fourth-order valence-corrected chi connectivity index (χ4v) is 10.7. The van der Waals surface area contributed by atoms with Crippen LogP contribution in [0, 0.1) is 0 Å². The zero-order valence-corrected chi connectivity index (χ0v) is 35.0. The highest BCUT2D eigenvalue weighted by atomic mass is 15.0. The van der Waals surface area contributed by atoms with Crippen molar-refractivity contribution in [3.05, 3.63) is 222 Å². The molecular formula is C60H45N. The molecule has 0 unspecified atom stereocenters. The molecule has 0 saturated carbocycles. The quantitative estimate of drug-likeness (QED) is 0.164. The van der Waals surface area contributed by atoms with E-state index < -0.39 is 0 Å². The minimum Gasteiger partial charge on any atom is -0.309 e. The zero-order chi connectivity index (χ0) is 41.0. The normalized spacial score (nSPS) is 14.2. The Labute approximate surface area is 358 Å². The van der Waals surface area contributed by atoms with Gasteiger partial charge in [-0.2, -0.15) is 0 Å². The van der Waals surface area contributed by atoms with Crippen LogP contribution in [-0.4, -0.2) is 4.57 Å². The predicted molar refractivity (Wildman–Crippen MR) is 258 cm³/mol. The summed E-state index contributed by atoms with van der Waals surface area (Å²) in [6, 6.07) is 74.7. The van der Waals surface area contributed by atoms with Crippen LogP contribution >= 0.6 is 0 Å². The van der Waals surface area contributed by atoms with Gasteiger partial charge in [-0.05, 0) is 138 Å². The molecule has 1 heterocycles. The Balaban J connectivity index is 0.899. The molecule has 61 heavy (non-hydrogen) atoms. The SMILES string of the molecule is CC1(C)c2ccccc2-c2ccc(-c3ccc(-c4ccc5c(c4)c4cc(-c6ccc(-c7ccc8c(c7)C(C)(C)c7ccccc7-8)cc6)ccc4n5-c4ccccc4)cc3)cc21. The zero-order valence-electron chi connectivity index (χ0n) is 35.0. The first-order valence-corrected chi connectivity index (χ1v) is 21.6. The van der Waals surface area contributed by atoms with Crippen molar-refractivity contribution in [3.63, 3.8) is 0 Å². The lowest BCUT2D eigenvalue weighted by atomic mass is 9.81. The number of nitrogens with zero attached hydrogens (tertiary/aromatic N) is 1. The van der Waals surface area contributed by atoms with Gasteiger partial charge in [0, 0.05) is 27.3 Å². The highest BCUT2D eigenvalue weighted by molar-refractivity contribution is 6.11. The lowest BCUT2D eigenvalue weighted by molar-refractivity contribution is 0.660. The summed E-state index contributed by atoms with van der Waals surface area (Å²) < 4.78 is 2.41. The molecule has 0 N–H and O–H groups in total. The van der Waals surface area contributed by atoms with Crippen molar-refractivity contribution in [2.24, 2.45) is 0 Å². The van der Waals surface area contributed by atoms with Crippen LogP contribution in [0.3, 0.4) is 0 Å². The monoisotopic (exact) mass is 779 g/mol. The van der Waals surface area contributed by atoms with Crippen molar-refractivity contribution >= 4 is 21.8 Å². The van der Waals surface area contributed by atoms with E-state index in [1.165, 1.54) is 111 Å². The Morgan fingerprint density at radius 3 is 1.03 bits per heavy atom. The summed E-state index contributed by atoms with van der Waals surface area (Å²) in [6.07, 6.45) is 0. The summed E-state index contributed by atoms with van der Waals surface area (Å²) in [4.78, 5) is 0. The van der Waals surface area contributed by atoms with Crippen molar-refractivity contribution in [3.8, 4) is 72.4 Å². The van der Waals surface area contributed by atoms with E-state index in [9.17, 15) is 0 Å². The van der Waals surface area contributed by atoms with Gasteiger partial charge in [0.2, 0.25) is 0 Å². The Morgan fingerprint density at radius 2 is 0.607 bits per heavy atom. The summed E-state index contributed by atoms with van der Waals surface area (Å²) in [6.45, 7) is 9.40. The second-order valence-electron chi connectivity index (χ2n) is 18.2. The maximum absolute atomic E-state index is 2.41. The highest BCUT2D eigenvalue weighted by Gasteiger charge is 2.36. The van der Waals surface area contributed by atoms with E-state index in [4.69, 9.17) is 0 Å². The van der Waals surface area contributed by atoms with E-state index in [1.54, 1.807) is 0 Å². The molecule has 290 valence electrons. The lowest BCUT2D eigenvalue weighted by Crippen LogP contribution is -2.14. The van der Waals surface area contributed by atoms with E-state index in [2.05, 4.69) is 232 Å². The third-order valence-electron chi connectivity index (χ3n) is 14.0. The molecule has 0 atom stereocenters. The Kier molecular flexibility index (Phi) is 7.69. The number of aromatic nitrogens is 1. The fourth-order valence-electron chi connectivity index (χ4n) is 10.7. The lowest BCUT2D eigenvalue weighted by Gasteiger charge is -2.22. The first-order chi connectivity index (χ1) is 29.7. The van der Waals surface area contributed by atoms with Crippen LogP contribution in [0.1, 0.15) is 49.9 Å². The maximum atomic E-state index is 2.41. The average molecular weight is 780 g/mol. The van der Waals surface area contributed by atoms with Crippen LogP contribution in [0.4, 0.5) is 0 Å². The molecule has 0 saturated heterocycles. The van der Waals surface area contributed by atoms with Gasteiger partial charge in [0.1, 0.15) is 0 Å². The van der Waals surface area contributed by atoms with E-state index in [-0.39, 0.29) is 10.8 Å². The minimum absolute atomic E-state index is 0.0202. The highest BCUT2D eigenvalue weighted by Crippen LogP contribution is 2.51. The van der Waals surface area contributed by atoms with Crippen molar-refractivity contribution in [2.75, 3.05) is 0 Å². The first-order valence-electron chi connectivity index (χ1n) is 21.6. The number of hydrogen-bond donors (Lipinski definition) is 0. The number of hydrogen-bond acceptors (Lipinski definition) is 0. The van der Waals surface area contributed by atoms with Crippen LogP contribution in [0.15, 0.2) is 200 Å². The van der Waals surface area contributed by atoms with Crippen molar-refractivity contribution in [1.82, 2.24) is 4.57 Å². The van der Waals surface area contributed by atoms with Gasteiger partial charge in [-0.25, -0.2) is 0 Å². The Morgan fingerprint density at radius 1 is 0.279 bits per heavy atom. The van der Waals surface area contributed by atoms with Crippen LogP contribution in [-0.2, 0) is 10.8 Å². The Bertz CT molecular complexity index is 3170. The second kappa shape index (κ2) is 13.1. The van der Waals surface area contributed by atoms with Crippen molar-refractivity contribution < 1.29 is 0 Å². The molecule has 2 aliphatic rings. The van der Waals surface area contributed by atoms with Crippen molar-refractivity contribution in [1.29, 1.82) is 0 Å². The van der Waals surface area contributed by atoms with Crippen LogP contribution in [0.25, 0.3) is 94.3 Å². The molecule has 0 fully saturated rings. The van der Waals surface area contributed by atoms with E-state index in [0.717, 1.165) is 5.69 Å². The molecule has 12 rings (SSSR count). The summed E-state index contributed by atoms with van der Waals surface area (Å²) in [5.74, 6) is 0. The van der Waals surface area contributed by atoms with Crippen LogP contribution in [0.2, 0.25) is 0 Å². The van der Waals surface area contributed by atoms with Gasteiger partial charge in [-0.15, -0.1) is 0 Å². The fraction of sp³-hybridized carbons (Fsp3) is 0.100. The van der Waals surface area contributed by atoms with Gasteiger partial charge in [0.15, 0.2) is 0 Å². The average Bonchev–Trinajstić information content (AvgIpc) is 3.85. The molecule has 9 aromatic carbocycles. The van der Waals surface area contributed by atoms with Gasteiger partial charge in [-0.3, -0.25) is 0 Å². The minimum atomic E-state index is -0.0202. The van der Waals surface area contributed by atoms with E-state index in [1.807, 2.05) is 0 Å². The summed E-state index contributed by atoms with van der Waals surface area (Å²) >= 11 is 0. The smallest absolute Gasteiger partial charge is 0.0541 e. The number of fused-ring (bicyclic) bond motifs is 9. The largest absolute Gasteiger partial charge is 0.309 e. The summed E-state index contributed by atoms with van der Waals surface area (Å²) in [7, 11) is 0. The summed E-state index contributed by atoms with van der Waals surface area (Å²) in [5, 5.41) is 2.50. The maximum Gasteiger partial charge on any atom is 0.0541 e. The standard InChI is InChI=1S/C60H45N/c1-59(2)53-16-10-8-14-47(53)49-30-26-44(36-55(49)59)40-22-18-38(19-23-40)42-28-32-57-51(34-42)52-35-43(29-33-58(52)61(57)46-12-6-5-7-13-46)39-20-24-41(25-21-39)45-27-31-50-48-15-9-11-17-54(48)60(3,4)56(50)37-45/h5-37H,1-4H3. The third kappa shape index (κ3) is 5.40. The molecular weight excluding hydrogens is 735 g/mol. The predicted octanol–water partition coefficient (Wildman–Crippen LogP) is 16.1. The molecule has 0 radical (unpaired) electrons. The van der Waals surface area contributed by atoms with Crippen molar-refractivity contribution in [2.45, 2.75) is 38.5 Å². The first kappa shape index (κ1) is 35.7. The Hall–Kier alpha value is -7.22. The van der Waals surface area contributed by atoms with Gasteiger partial charge in [-0.1, -0.05) is 179 Å². The van der Waals surface area contributed by atoms with Crippen LogP contribution < -0.4 is 0 Å². The van der Waals surface area contributed by atoms with Gasteiger partial charge in [0.05, 0.1) is 11.0 Å². The van der Waals surface area contributed by atoms with E-state index >= 15 is 0 Å². The van der Waals surface area contributed by atoms with Gasteiger partial charge < -0.3 is 4.57 Å². The molecule has 1 heteroatoms. The van der Waals surface area contributed by atoms with E-state index in [0.29, 0.717) is 0 Å². The molecule has 0 bridgehead atoms. The molecule has 10 aromatic rings. The molecule has 1 aromatic heterocycles. The number of para-hydroxylation sites is 1. The number of rotatable bonds is 5. The third-order valence-corrected chi connectivity index (χ3v) is 14.0. The molecule has 0 aliphatic heterocycles. The van der Waals surface area contributed by atoms with Crippen LogP contribution in [0.5, 0.6) is 0 Å². The molecule has 2 aliphatic carbocycles. The van der Waals surface area contributed by atoms with Gasteiger partial charge in [0.25, 0.3) is 0 Å². The molecule has 0 spiro atoms. The molecule has 1 nitrogen and oxygen atoms in total. The molecule has 0 amide bonds. The summed E-state index contributed by atoms with van der Waals surface area (Å²) in [5.41, 5.74) is 24.5. The second-order valence-corrected chi connectivity index (χ2v) is 18.2. The topological polar surface area (TPSA) is 4.93 Å². The van der Waals surface area contributed by atoms with Gasteiger partial charge >= 0.3 is 0 Å².